The summed E-state index contributed by atoms with van der Waals surface area (Å²) in [5, 5.41) is 17.8. The highest BCUT2D eigenvalue weighted by Crippen LogP contribution is 2.36. The molecular weight excluding hydrogens is 688 g/mol. The summed E-state index contributed by atoms with van der Waals surface area (Å²) in [4.78, 5) is 21.1. The summed E-state index contributed by atoms with van der Waals surface area (Å²) in [6.07, 6.45) is 7.16. The van der Waals surface area contributed by atoms with Crippen LogP contribution in [0.3, 0.4) is 0 Å². The number of methoxy groups -OCH3 is 1. The maximum atomic E-state index is 12.4. The maximum absolute atomic E-state index is 12.4. The summed E-state index contributed by atoms with van der Waals surface area (Å²) >= 11 is 0. The van der Waals surface area contributed by atoms with Crippen LogP contribution in [0.4, 0.5) is 16.3 Å². The van der Waals surface area contributed by atoms with Crippen LogP contribution in [0.25, 0.3) is 22.3 Å². The number of benzene rings is 1. The van der Waals surface area contributed by atoms with Crippen molar-refractivity contribution in [1.29, 1.82) is 0 Å². The van der Waals surface area contributed by atoms with Crippen LogP contribution < -0.4 is 19.7 Å². The lowest BCUT2D eigenvalue weighted by Crippen LogP contribution is -2.46. The lowest BCUT2D eigenvalue weighted by Gasteiger charge is -2.40. The first kappa shape index (κ1) is 37.6. The van der Waals surface area contributed by atoms with Gasteiger partial charge in [0.2, 0.25) is 5.88 Å². The van der Waals surface area contributed by atoms with Gasteiger partial charge in [-0.15, -0.1) is 10.2 Å². The van der Waals surface area contributed by atoms with E-state index < -0.39 is 5.60 Å². The number of nitrogens with one attached hydrogen (secondary N) is 1. The zero-order valence-corrected chi connectivity index (χ0v) is 32.4. The van der Waals surface area contributed by atoms with Crippen molar-refractivity contribution in [2.24, 2.45) is 0 Å². The number of hydrogen-bond acceptors (Lipinski definition) is 12. The van der Waals surface area contributed by atoms with Crippen LogP contribution >= 0.6 is 0 Å². The highest BCUT2D eigenvalue weighted by atomic mass is 16.7. The molecule has 2 aliphatic heterocycles. The fourth-order valence-electron chi connectivity index (χ4n) is 7.34. The third-order valence-electron chi connectivity index (χ3n) is 10.1. The number of likely N-dealkylation sites (tertiary alicyclic amines) is 1. The number of rotatable bonds is 12. The zero-order chi connectivity index (χ0) is 37.8. The molecule has 0 radical (unpaired) electrons. The Labute approximate surface area is 317 Å². The Morgan fingerprint density at radius 3 is 2.43 bits per heavy atom. The first-order chi connectivity index (χ1) is 26.0. The van der Waals surface area contributed by atoms with Gasteiger partial charge in [-0.2, -0.15) is 5.10 Å². The predicted molar refractivity (Wildman–Crippen MR) is 206 cm³/mol. The molecule has 0 unspecified atom stereocenters. The Morgan fingerprint density at radius 2 is 1.70 bits per heavy atom. The molecule has 7 rings (SSSR count). The van der Waals surface area contributed by atoms with E-state index >= 15 is 0 Å². The molecule has 14 heteroatoms. The number of hydrogen-bond donors (Lipinski definition) is 1. The topological polar surface area (TPSA) is 138 Å². The summed E-state index contributed by atoms with van der Waals surface area (Å²) in [6.45, 7) is 13.1. The Balaban J connectivity index is 0.941. The molecule has 1 aliphatic carbocycles. The van der Waals surface area contributed by atoms with Crippen molar-refractivity contribution < 1.29 is 28.5 Å². The third-order valence-corrected chi connectivity index (χ3v) is 10.1. The van der Waals surface area contributed by atoms with Crippen LogP contribution in [0.5, 0.6) is 11.6 Å². The molecule has 4 aromatic rings. The van der Waals surface area contributed by atoms with Crippen molar-refractivity contribution in [1.82, 2.24) is 29.9 Å². The number of fused-ring (bicyclic) bond motifs is 1. The quantitative estimate of drug-likeness (QED) is 0.152. The second kappa shape index (κ2) is 16.4. The zero-order valence-electron chi connectivity index (χ0n) is 32.4. The Kier molecular flexibility index (Phi) is 11.4. The van der Waals surface area contributed by atoms with E-state index in [1.54, 1.807) is 12.0 Å². The molecule has 3 aromatic heterocycles. The Hall–Kier alpha value is -4.69. The van der Waals surface area contributed by atoms with Gasteiger partial charge in [-0.3, -0.25) is 4.68 Å². The van der Waals surface area contributed by atoms with E-state index in [4.69, 9.17) is 28.8 Å². The molecule has 54 heavy (non-hydrogen) atoms. The van der Waals surface area contributed by atoms with Crippen molar-refractivity contribution in [3.63, 3.8) is 0 Å². The Morgan fingerprint density at radius 1 is 0.944 bits per heavy atom. The van der Waals surface area contributed by atoms with Crippen LogP contribution in [0, 0.1) is 0 Å². The first-order valence-electron chi connectivity index (χ1n) is 19.3. The van der Waals surface area contributed by atoms with Crippen LogP contribution in [0.15, 0.2) is 48.7 Å². The van der Waals surface area contributed by atoms with E-state index in [1.807, 2.05) is 51.2 Å². The van der Waals surface area contributed by atoms with E-state index in [0.717, 1.165) is 85.4 Å². The van der Waals surface area contributed by atoms with E-state index in [-0.39, 0.29) is 43.3 Å². The third kappa shape index (κ3) is 8.98. The van der Waals surface area contributed by atoms with Crippen LogP contribution in [-0.2, 0) is 14.2 Å². The van der Waals surface area contributed by atoms with Gasteiger partial charge >= 0.3 is 6.09 Å². The SMILES string of the molecule is COCOc1ccccc1-c1cc2c(nn1)c(NC(C)C)nn2C1CCN(c2ccnc(OC3CC(OC4CCN(C(=O)OC(C)(C)C)CC4)C3)c2)CC1. The molecular formula is C40H54N8O6. The van der Waals surface area contributed by atoms with Crippen molar-refractivity contribution in [2.45, 2.75) is 109 Å². The van der Waals surface area contributed by atoms with Crippen molar-refractivity contribution in [2.75, 3.05) is 50.3 Å². The van der Waals surface area contributed by atoms with Gasteiger partial charge in [0.15, 0.2) is 18.1 Å². The largest absolute Gasteiger partial charge is 0.474 e. The number of carbonyl (C=O) groups is 1. The summed E-state index contributed by atoms with van der Waals surface area (Å²) in [5.41, 5.74) is 3.89. The van der Waals surface area contributed by atoms with E-state index in [1.165, 1.54) is 0 Å². The lowest BCUT2D eigenvalue weighted by molar-refractivity contribution is -0.110. The molecule has 14 nitrogen and oxygen atoms in total. The number of para-hydroxylation sites is 1. The predicted octanol–water partition coefficient (Wildman–Crippen LogP) is 6.86. The number of carbonyl (C=O) groups excluding carboxylic acids is 1. The van der Waals surface area contributed by atoms with Gasteiger partial charge in [0.25, 0.3) is 0 Å². The minimum atomic E-state index is -0.486. The monoisotopic (exact) mass is 742 g/mol. The van der Waals surface area contributed by atoms with Gasteiger partial charge in [0.1, 0.15) is 17.5 Å². The van der Waals surface area contributed by atoms with Gasteiger partial charge < -0.3 is 38.8 Å². The lowest BCUT2D eigenvalue weighted by atomic mass is 9.91. The van der Waals surface area contributed by atoms with E-state index in [2.05, 4.69) is 62.1 Å². The molecule has 1 aromatic carbocycles. The van der Waals surface area contributed by atoms with E-state index in [0.29, 0.717) is 24.7 Å². The maximum Gasteiger partial charge on any atom is 0.410 e. The molecule has 0 spiro atoms. The molecule has 1 N–H and O–H groups in total. The van der Waals surface area contributed by atoms with Gasteiger partial charge in [-0.05, 0) is 84.6 Å². The smallest absolute Gasteiger partial charge is 0.410 e. The minimum absolute atomic E-state index is 0.0820. The number of pyridine rings is 1. The highest BCUT2D eigenvalue weighted by molar-refractivity contribution is 5.88. The normalized spacial score (nSPS) is 19.9. The first-order valence-corrected chi connectivity index (χ1v) is 19.3. The van der Waals surface area contributed by atoms with Gasteiger partial charge in [-0.25, -0.2) is 9.78 Å². The summed E-state index contributed by atoms with van der Waals surface area (Å²) < 4.78 is 31.3. The molecule has 2 saturated heterocycles. The number of piperidine rings is 2. The van der Waals surface area contributed by atoms with Crippen molar-refractivity contribution in [3.8, 4) is 22.9 Å². The average Bonchev–Trinajstić information content (AvgIpc) is 3.49. The van der Waals surface area contributed by atoms with E-state index in [9.17, 15) is 4.79 Å². The molecule has 3 fully saturated rings. The Bertz CT molecular complexity index is 1870. The fourth-order valence-corrected chi connectivity index (χ4v) is 7.34. The van der Waals surface area contributed by atoms with Gasteiger partial charge in [-0.1, -0.05) is 12.1 Å². The molecule has 5 heterocycles. The minimum Gasteiger partial charge on any atom is -0.474 e. The molecule has 0 bridgehead atoms. The second-order valence-corrected chi connectivity index (χ2v) is 15.8. The molecule has 0 atom stereocenters. The number of ether oxygens (including phenoxy) is 5. The number of nitrogens with zero attached hydrogens (tertiary/aromatic N) is 7. The molecule has 290 valence electrons. The second-order valence-electron chi connectivity index (χ2n) is 15.8. The standard InChI is InChI=1S/C40H54N8O6/c1-26(2)42-38-37-34(24-33(43-44-37)32-9-7-8-10-35(32)51-25-50-6)48(45-38)27-12-17-46(18-13-27)28-11-16-41-36(21-28)53-31-22-30(23-31)52-29-14-19-47(20-15-29)39(49)54-40(3,4)5/h7-11,16,21,24,26-27,29-31H,12-15,17-20,22-23,25H2,1-6H3,(H,42,45). The van der Waals surface area contributed by atoms with Gasteiger partial charge in [0.05, 0.1) is 29.5 Å². The van der Waals surface area contributed by atoms with Crippen molar-refractivity contribution in [3.05, 3.63) is 48.7 Å². The van der Waals surface area contributed by atoms with Crippen LogP contribution in [-0.4, -0.2) is 106 Å². The van der Waals surface area contributed by atoms with Gasteiger partial charge in [0, 0.05) is 75.7 Å². The fraction of sp³-hybridized carbons (Fsp3) is 0.575. The van der Waals surface area contributed by atoms with Crippen LogP contribution in [0.2, 0.25) is 0 Å². The van der Waals surface area contributed by atoms with Crippen molar-refractivity contribution >= 4 is 28.6 Å². The summed E-state index contributed by atoms with van der Waals surface area (Å²) in [6, 6.07) is 14.4. The molecule has 1 amide bonds. The number of anilines is 2. The molecule has 1 saturated carbocycles. The summed E-state index contributed by atoms with van der Waals surface area (Å²) in [5.74, 6) is 2.08. The molecule has 3 aliphatic rings. The van der Waals surface area contributed by atoms with Crippen LogP contribution in [0.1, 0.15) is 79.2 Å². The highest BCUT2D eigenvalue weighted by Gasteiger charge is 2.36. The number of aromatic nitrogens is 5. The average molecular weight is 743 g/mol. The summed E-state index contributed by atoms with van der Waals surface area (Å²) in [7, 11) is 1.60. The number of amides is 1.